The van der Waals surface area contributed by atoms with Gasteiger partial charge in [-0.2, -0.15) is 4.31 Å². The fraction of sp³-hybridized carbons (Fsp3) is 0.579. The molecule has 0 aliphatic carbocycles. The van der Waals surface area contributed by atoms with Crippen LogP contribution >= 0.6 is 11.8 Å². The third-order valence-electron chi connectivity index (χ3n) is 5.13. The van der Waals surface area contributed by atoms with Gasteiger partial charge in [-0.15, -0.1) is 0 Å². The number of amides is 1. The van der Waals surface area contributed by atoms with Gasteiger partial charge in [0, 0.05) is 25.7 Å². The summed E-state index contributed by atoms with van der Waals surface area (Å²) in [6.45, 7) is 7.33. The highest BCUT2D eigenvalue weighted by Crippen LogP contribution is 2.27. The molecule has 7 nitrogen and oxygen atoms in total. The molecule has 0 saturated carbocycles. The molecule has 28 heavy (non-hydrogen) atoms. The zero-order chi connectivity index (χ0) is 20.3. The first-order valence-corrected chi connectivity index (χ1v) is 12.1. The van der Waals surface area contributed by atoms with E-state index in [1.807, 2.05) is 18.7 Å². The molecule has 154 valence electrons. The number of nitrogens with zero attached hydrogens (tertiary/aromatic N) is 3. The second kappa shape index (κ2) is 8.84. The Morgan fingerprint density at radius 2 is 2.07 bits per heavy atom. The van der Waals surface area contributed by atoms with Crippen molar-refractivity contribution in [1.82, 2.24) is 14.2 Å². The molecule has 1 amide bonds. The lowest BCUT2D eigenvalue weighted by molar-refractivity contribution is -0.131. The molecular weight excluding hydrogens is 398 g/mol. The molecule has 1 aromatic heterocycles. The first kappa shape index (κ1) is 21.1. The van der Waals surface area contributed by atoms with Gasteiger partial charge in [0.05, 0.1) is 10.6 Å². The van der Waals surface area contributed by atoms with E-state index in [1.165, 1.54) is 34.6 Å². The van der Waals surface area contributed by atoms with Crippen molar-refractivity contribution >= 4 is 38.8 Å². The second-order valence-electron chi connectivity index (χ2n) is 6.92. The zero-order valence-corrected chi connectivity index (χ0v) is 18.2. The molecule has 1 aliphatic rings. The van der Waals surface area contributed by atoms with E-state index in [9.17, 15) is 13.2 Å². The number of carbonyl (C=O) groups excluding carboxylic acids is 1. The van der Waals surface area contributed by atoms with Crippen LogP contribution in [-0.4, -0.2) is 59.9 Å². The van der Waals surface area contributed by atoms with Crippen molar-refractivity contribution < 1.29 is 17.6 Å². The van der Waals surface area contributed by atoms with Crippen LogP contribution in [0.1, 0.15) is 40.0 Å². The Balaban J connectivity index is 1.73. The number of oxazole rings is 1. The number of likely N-dealkylation sites (tertiary alicyclic amines) is 1. The number of hydrogen-bond donors (Lipinski definition) is 0. The van der Waals surface area contributed by atoms with E-state index < -0.39 is 10.0 Å². The molecule has 2 heterocycles. The smallest absolute Gasteiger partial charge is 0.257 e. The Hall–Kier alpha value is -1.58. The summed E-state index contributed by atoms with van der Waals surface area (Å²) in [5.74, 6) is 0.353. The molecule has 1 saturated heterocycles. The predicted molar refractivity (Wildman–Crippen MR) is 110 cm³/mol. The van der Waals surface area contributed by atoms with Crippen molar-refractivity contribution in [2.45, 2.75) is 56.2 Å². The lowest BCUT2D eigenvalue weighted by Gasteiger charge is -2.33. The SMILES string of the molecule is CCN(CC)S(=O)(=O)c1ccc2oc(SCC(=O)N3CCCC[C@@H]3C)nc2c1. The summed E-state index contributed by atoms with van der Waals surface area (Å²) in [5.41, 5.74) is 0.995. The van der Waals surface area contributed by atoms with E-state index in [0.29, 0.717) is 29.4 Å². The first-order chi connectivity index (χ1) is 13.4. The number of carbonyl (C=O) groups is 1. The van der Waals surface area contributed by atoms with Crippen LogP contribution in [0, 0.1) is 0 Å². The highest BCUT2D eigenvalue weighted by atomic mass is 32.2. The van der Waals surface area contributed by atoms with Crippen LogP contribution in [-0.2, 0) is 14.8 Å². The van der Waals surface area contributed by atoms with Crippen molar-refractivity contribution in [3.63, 3.8) is 0 Å². The summed E-state index contributed by atoms with van der Waals surface area (Å²) in [4.78, 5) is 19.0. The molecule has 1 aliphatic heterocycles. The number of benzene rings is 1. The lowest BCUT2D eigenvalue weighted by Crippen LogP contribution is -2.42. The van der Waals surface area contributed by atoms with Gasteiger partial charge in [-0.1, -0.05) is 25.6 Å². The summed E-state index contributed by atoms with van der Waals surface area (Å²) in [7, 11) is -3.55. The van der Waals surface area contributed by atoms with Crippen molar-refractivity contribution in [2.24, 2.45) is 0 Å². The van der Waals surface area contributed by atoms with Gasteiger partial charge in [0.25, 0.3) is 5.22 Å². The van der Waals surface area contributed by atoms with E-state index in [2.05, 4.69) is 11.9 Å². The number of thioether (sulfide) groups is 1. The minimum Gasteiger partial charge on any atom is -0.431 e. The average Bonchev–Trinajstić information content (AvgIpc) is 3.09. The highest BCUT2D eigenvalue weighted by Gasteiger charge is 2.25. The molecule has 0 bridgehead atoms. The number of aromatic nitrogens is 1. The Labute approximate surface area is 170 Å². The van der Waals surface area contributed by atoms with Gasteiger partial charge in [-0.05, 0) is 44.4 Å². The maximum atomic E-state index is 12.7. The van der Waals surface area contributed by atoms with Crippen LogP contribution in [0.5, 0.6) is 0 Å². The summed E-state index contributed by atoms with van der Waals surface area (Å²) in [6.07, 6.45) is 3.26. The molecule has 9 heteroatoms. The van der Waals surface area contributed by atoms with Crippen LogP contribution in [0.15, 0.2) is 32.7 Å². The van der Waals surface area contributed by atoms with E-state index in [-0.39, 0.29) is 22.6 Å². The standard InChI is InChI=1S/C19H27N3O4S2/c1-4-21(5-2)28(24,25)15-9-10-17-16(12-15)20-19(26-17)27-13-18(23)22-11-7-6-8-14(22)3/h9-10,12,14H,4-8,11,13H2,1-3H3/t14-/m0/s1. The second-order valence-corrected chi connectivity index (χ2v) is 9.78. The maximum Gasteiger partial charge on any atom is 0.257 e. The number of hydrogen-bond acceptors (Lipinski definition) is 6. The van der Waals surface area contributed by atoms with Crippen LogP contribution < -0.4 is 0 Å². The van der Waals surface area contributed by atoms with Crippen LogP contribution in [0.2, 0.25) is 0 Å². The number of sulfonamides is 1. The fourth-order valence-corrected chi connectivity index (χ4v) is 5.70. The van der Waals surface area contributed by atoms with E-state index in [1.54, 1.807) is 6.07 Å². The summed E-state index contributed by atoms with van der Waals surface area (Å²) < 4.78 is 32.4. The Morgan fingerprint density at radius 1 is 1.32 bits per heavy atom. The normalized spacial score (nSPS) is 18.1. The molecule has 1 fully saturated rings. The van der Waals surface area contributed by atoms with Gasteiger partial charge in [-0.3, -0.25) is 4.79 Å². The van der Waals surface area contributed by atoms with Gasteiger partial charge in [-0.25, -0.2) is 13.4 Å². The van der Waals surface area contributed by atoms with Gasteiger partial charge in [0.15, 0.2) is 5.58 Å². The van der Waals surface area contributed by atoms with E-state index in [0.717, 1.165) is 19.4 Å². The van der Waals surface area contributed by atoms with Gasteiger partial charge < -0.3 is 9.32 Å². The van der Waals surface area contributed by atoms with Gasteiger partial charge in [0.2, 0.25) is 15.9 Å². The summed E-state index contributed by atoms with van der Waals surface area (Å²) in [5, 5.41) is 0.380. The number of fused-ring (bicyclic) bond motifs is 1. The molecule has 2 aromatic rings. The van der Waals surface area contributed by atoms with Crippen molar-refractivity contribution in [3.05, 3.63) is 18.2 Å². The largest absolute Gasteiger partial charge is 0.431 e. The first-order valence-electron chi connectivity index (χ1n) is 9.69. The topological polar surface area (TPSA) is 83.7 Å². The van der Waals surface area contributed by atoms with Crippen molar-refractivity contribution in [3.8, 4) is 0 Å². The lowest BCUT2D eigenvalue weighted by atomic mass is 10.0. The van der Waals surface area contributed by atoms with Crippen LogP contribution in [0.3, 0.4) is 0 Å². The Bertz CT molecular complexity index is 938. The summed E-state index contributed by atoms with van der Waals surface area (Å²) >= 11 is 1.25. The van der Waals surface area contributed by atoms with Crippen molar-refractivity contribution in [1.29, 1.82) is 0 Å². The predicted octanol–water partition coefficient (Wildman–Crippen LogP) is 3.35. The molecule has 0 unspecified atom stereocenters. The van der Waals surface area contributed by atoms with Gasteiger partial charge in [0.1, 0.15) is 5.52 Å². The molecular formula is C19H27N3O4S2. The van der Waals surface area contributed by atoms with Gasteiger partial charge >= 0.3 is 0 Å². The average molecular weight is 426 g/mol. The minimum atomic E-state index is -3.55. The molecule has 0 radical (unpaired) electrons. The van der Waals surface area contributed by atoms with Crippen LogP contribution in [0.4, 0.5) is 0 Å². The fourth-order valence-electron chi connectivity index (χ4n) is 3.50. The van der Waals surface area contributed by atoms with Crippen LogP contribution in [0.25, 0.3) is 11.1 Å². The van der Waals surface area contributed by atoms with E-state index in [4.69, 9.17) is 4.42 Å². The third-order valence-corrected chi connectivity index (χ3v) is 7.98. The molecule has 1 atom stereocenters. The molecule has 0 N–H and O–H groups in total. The third kappa shape index (κ3) is 4.36. The number of rotatable bonds is 7. The molecule has 0 spiro atoms. The van der Waals surface area contributed by atoms with Crippen molar-refractivity contribution in [2.75, 3.05) is 25.4 Å². The minimum absolute atomic E-state index is 0.0873. The summed E-state index contributed by atoms with van der Waals surface area (Å²) in [6, 6.07) is 4.97. The number of piperidine rings is 1. The Kier molecular flexibility index (Phi) is 6.67. The maximum absolute atomic E-state index is 12.7. The molecule has 1 aromatic carbocycles. The monoisotopic (exact) mass is 425 g/mol. The van der Waals surface area contributed by atoms with E-state index >= 15 is 0 Å². The zero-order valence-electron chi connectivity index (χ0n) is 16.6. The highest BCUT2D eigenvalue weighted by molar-refractivity contribution is 7.99. The quantitative estimate of drug-likeness (QED) is 0.633. The Morgan fingerprint density at radius 3 is 2.75 bits per heavy atom. The molecule has 3 rings (SSSR count).